The molecule has 0 saturated carbocycles. The maximum atomic E-state index is 5.04. The van der Waals surface area contributed by atoms with Crippen molar-refractivity contribution in [3.63, 3.8) is 0 Å². The second-order valence-electron chi connectivity index (χ2n) is 9.08. The Morgan fingerprint density at radius 3 is 2.32 bits per heavy atom. The second kappa shape index (κ2) is 7.23. The zero-order valence-corrected chi connectivity index (χ0v) is 19.3. The molecule has 2 aliphatic heterocycles. The van der Waals surface area contributed by atoms with E-state index in [1.807, 2.05) is 0 Å². The predicted octanol–water partition coefficient (Wildman–Crippen LogP) is 6.79. The lowest BCUT2D eigenvalue weighted by Gasteiger charge is -2.00. The first-order chi connectivity index (χ1) is 14.8. The van der Waals surface area contributed by atoms with Crippen molar-refractivity contribution >= 4 is 33.2 Å². The van der Waals surface area contributed by atoms with E-state index < -0.39 is 0 Å². The molecule has 0 amide bonds. The molecule has 3 aromatic rings. The first-order valence-electron chi connectivity index (χ1n) is 11.2. The highest BCUT2D eigenvalue weighted by molar-refractivity contribution is 5.91. The number of aromatic amines is 2. The monoisotopic (exact) mass is 410 g/mol. The molecule has 0 saturated heterocycles. The molecule has 3 aromatic heterocycles. The predicted molar refractivity (Wildman–Crippen MR) is 130 cm³/mol. The van der Waals surface area contributed by atoms with Crippen molar-refractivity contribution in [2.75, 3.05) is 0 Å². The Bertz CT molecular complexity index is 1400. The third kappa shape index (κ3) is 3.31. The molecule has 2 aliphatic rings. The lowest BCUT2D eigenvalue weighted by molar-refractivity contribution is 0.793. The summed E-state index contributed by atoms with van der Waals surface area (Å²) in [6, 6.07) is 11.1. The van der Waals surface area contributed by atoms with Gasteiger partial charge in [0.15, 0.2) is 0 Å². The highest BCUT2D eigenvalue weighted by atomic mass is 14.8. The minimum absolute atomic E-state index is 0.393. The summed E-state index contributed by atoms with van der Waals surface area (Å²) in [4.78, 5) is 17.3. The Morgan fingerprint density at radius 2 is 1.58 bits per heavy atom. The van der Waals surface area contributed by atoms with Crippen molar-refractivity contribution in [2.24, 2.45) is 0 Å². The Kier molecular flexibility index (Phi) is 4.62. The Hall–Kier alpha value is -3.14. The largest absolute Gasteiger partial charge is 0.355 e. The molecule has 158 valence electrons. The van der Waals surface area contributed by atoms with Crippen LogP contribution in [0.15, 0.2) is 30.3 Å². The van der Waals surface area contributed by atoms with Crippen molar-refractivity contribution in [1.29, 1.82) is 0 Å². The molecule has 31 heavy (non-hydrogen) atoms. The normalized spacial score (nSPS) is 16.3. The van der Waals surface area contributed by atoms with E-state index in [0.29, 0.717) is 5.92 Å². The van der Waals surface area contributed by atoms with Gasteiger partial charge in [0.05, 0.1) is 11.4 Å². The number of rotatable bonds is 1. The lowest BCUT2D eigenvalue weighted by Crippen LogP contribution is -1.90. The highest BCUT2D eigenvalue weighted by Gasteiger charge is 2.20. The van der Waals surface area contributed by atoms with Gasteiger partial charge < -0.3 is 9.97 Å². The maximum absolute atomic E-state index is 5.04. The molecule has 2 N–H and O–H groups in total. The summed E-state index contributed by atoms with van der Waals surface area (Å²) in [6.45, 7) is 13.1. The molecule has 5 rings (SSSR count). The Balaban J connectivity index is 1.94. The van der Waals surface area contributed by atoms with Crippen LogP contribution >= 0.6 is 0 Å². The Labute approximate surface area is 183 Å². The molecule has 0 spiro atoms. The number of nitrogens with zero attached hydrogens (tertiary/aromatic N) is 2. The van der Waals surface area contributed by atoms with Crippen molar-refractivity contribution in [1.82, 2.24) is 19.9 Å². The number of hydrogen-bond acceptors (Lipinski definition) is 2. The maximum Gasteiger partial charge on any atom is 0.0690 e. The van der Waals surface area contributed by atoms with E-state index in [4.69, 9.17) is 9.97 Å². The zero-order valence-electron chi connectivity index (χ0n) is 19.3. The van der Waals surface area contributed by atoms with E-state index in [2.05, 4.69) is 81.8 Å². The standard InChI is InChI=1S/C27H30N4/c1-7-19-10-20-11-25-16(4)17(5)26(31-25)12-21-14(2)8-23(29-21)18(6)24-9-15(3)22(30-24)13-27(19)28-20/h9-14,28,30H,7-8H2,1-6H3. The molecule has 8 bridgehead atoms. The minimum Gasteiger partial charge on any atom is -0.355 e. The van der Waals surface area contributed by atoms with E-state index in [-0.39, 0.29) is 0 Å². The minimum atomic E-state index is 0.393. The Morgan fingerprint density at radius 1 is 0.839 bits per heavy atom. The number of hydrogen-bond donors (Lipinski definition) is 2. The van der Waals surface area contributed by atoms with Gasteiger partial charge in [-0.2, -0.15) is 0 Å². The first kappa shape index (κ1) is 19.8. The fourth-order valence-electron chi connectivity index (χ4n) is 4.63. The topological polar surface area (TPSA) is 57.4 Å². The number of aryl methyl sites for hydroxylation is 3. The SMILES string of the molecule is CCc1cc2cc3nc(cc4nc(c(C)c5cc(C)c(cc1[nH]2)[nH]5)CC4C)C(C)=C3C. The van der Waals surface area contributed by atoms with E-state index >= 15 is 0 Å². The summed E-state index contributed by atoms with van der Waals surface area (Å²) in [6.07, 6.45) is 1.94. The van der Waals surface area contributed by atoms with Crippen LogP contribution in [0.4, 0.5) is 0 Å². The van der Waals surface area contributed by atoms with Crippen molar-refractivity contribution in [3.05, 3.63) is 69.8 Å². The van der Waals surface area contributed by atoms with Crippen LogP contribution in [0.3, 0.4) is 0 Å². The quantitative estimate of drug-likeness (QED) is 0.464. The van der Waals surface area contributed by atoms with Crippen LogP contribution in [0.2, 0.25) is 0 Å². The molecule has 4 heteroatoms. The van der Waals surface area contributed by atoms with Crippen LogP contribution < -0.4 is 0 Å². The molecule has 5 heterocycles. The summed E-state index contributed by atoms with van der Waals surface area (Å²) in [7, 11) is 0. The summed E-state index contributed by atoms with van der Waals surface area (Å²) in [5, 5.41) is 0. The number of nitrogens with one attached hydrogen (secondary N) is 2. The van der Waals surface area contributed by atoms with Crippen LogP contribution in [-0.2, 0) is 12.8 Å². The van der Waals surface area contributed by atoms with Crippen LogP contribution in [0.5, 0.6) is 0 Å². The van der Waals surface area contributed by atoms with Crippen LogP contribution in [0, 0.1) is 13.8 Å². The van der Waals surface area contributed by atoms with Gasteiger partial charge in [0.1, 0.15) is 0 Å². The second-order valence-corrected chi connectivity index (χ2v) is 9.08. The molecule has 1 unspecified atom stereocenters. The van der Waals surface area contributed by atoms with Crippen LogP contribution in [0.25, 0.3) is 33.2 Å². The van der Waals surface area contributed by atoms with Crippen molar-refractivity contribution in [3.8, 4) is 0 Å². The van der Waals surface area contributed by atoms with Crippen LogP contribution in [-0.4, -0.2) is 19.9 Å². The highest BCUT2D eigenvalue weighted by Crippen LogP contribution is 2.32. The molecule has 1 atom stereocenters. The average molecular weight is 411 g/mol. The van der Waals surface area contributed by atoms with E-state index in [0.717, 1.165) is 52.0 Å². The molecular weight excluding hydrogens is 380 g/mol. The molecule has 0 aromatic carbocycles. The average Bonchev–Trinajstić information content (AvgIpc) is 3.47. The third-order valence-electron chi connectivity index (χ3n) is 6.93. The zero-order chi connectivity index (χ0) is 21.9. The fourth-order valence-corrected chi connectivity index (χ4v) is 4.63. The molecule has 0 fully saturated rings. The smallest absolute Gasteiger partial charge is 0.0690 e. The van der Waals surface area contributed by atoms with Gasteiger partial charge in [0.2, 0.25) is 0 Å². The molecule has 0 radical (unpaired) electrons. The van der Waals surface area contributed by atoms with Gasteiger partial charge >= 0.3 is 0 Å². The van der Waals surface area contributed by atoms with Gasteiger partial charge in [0, 0.05) is 39.4 Å². The molecule has 0 aliphatic carbocycles. The van der Waals surface area contributed by atoms with Gasteiger partial charge in [-0.1, -0.05) is 13.8 Å². The summed E-state index contributed by atoms with van der Waals surface area (Å²) in [5.74, 6) is 0.393. The van der Waals surface area contributed by atoms with E-state index in [9.17, 15) is 0 Å². The summed E-state index contributed by atoms with van der Waals surface area (Å²) < 4.78 is 0. The lowest BCUT2D eigenvalue weighted by atomic mass is 10.0. The van der Waals surface area contributed by atoms with Gasteiger partial charge in [0.25, 0.3) is 0 Å². The van der Waals surface area contributed by atoms with Gasteiger partial charge in [-0.05, 0) is 98.7 Å². The van der Waals surface area contributed by atoms with Gasteiger partial charge in [-0.15, -0.1) is 0 Å². The number of allylic oxidation sites excluding steroid dienone is 2. The third-order valence-corrected chi connectivity index (χ3v) is 6.93. The first-order valence-corrected chi connectivity index (χ1v) is 11.2. The van der Waals surface area contributed by atoms with Crippen LogP contribution in [0.1, 0.15) is 73.1 Å². The number of H-pyrrole nitrogens is 2. The van der Waals surface area contributed by atoms with Crippen molar-refractivity contribution in [2.45, 2.75) is 60.3 Å². The molecular formula is C27H30N4. The number of aromatic nitrogens is 4. The fraction of sp³-hybridized carbons (Fsp3) is 0.333. The summed E-state index contributed by atoms with van der Waals surface area (Å²) in [5.41, 5.74) is 15.2. The number of fused-ring (bicyclic) bond motifs is 8. The van der Waals surface area contributed by atoms with Gasteiger partial charge in [-0.3, -0.25) is 4.98 Å². The van der Waals surface area contributed by atoms with E-state index in [1.165, 1.54) is 33.5 Å². The van der Waals surface area contributed by atoms with Gasteiger partial charge in [-0.25, -0.2) is 4.98 Å². The van der Waals surface area contributed by atoms with E-state index in [1.54, 1.807) is 0 Å². The summed E-state index contributed by atoms with van der Waals surface area (Å²) >= 11 is 0. The molecule has 4 nitrogen and oxygen atoms in total. The van der Waals surface area contributed by atoms with Crippen molar-refractivity contribution < 1.29 is 0 Å².